The number of anilines is 2. The molecule has 0 unspecified atom stereocenters. The van der Waals surface area contributed by atoms with Gasteiger partial charge in [0.1, 0.15) is 18.1 Å². The van der Waals surface area contributed by atoms with Gasteiger partial charge in [0, 0.05) is 32.2 Å². The van der Waals surface area contributed by atoms with Crippen LogP contribution >= 0.6 is 0 Å². The number of carbonyl (C=O) groups is 2. The third kappa shape index (κ3) is 4.49. The molecule has 2 aliphatic heterocycles. The molecule has 1 atom stereocenters. The van der Waals surface area contributed by atoms with Crippen molar-refractivity contribution in [1.29, 1.82) is 0 Å². The van der Waals surface area contributed by atoms with E-state index >= 15 is 0 Å². The predicted octanol–water partition coefficient (Wildman–Crippen LogP) is 2.00. The molecule has 0 radical (unpaired) electrons. The molecule has 5 rings (SSSR count). The van der Waals surface area contributed by atoms with Gasteiger partial charge < -0.3 is 14.5 Å². The maximum Gasteiger partial charge on any atom is 0.271 e. The van der Waals surface area contributed by atoms with E-state index in [1.807, 2.05) is 43.3 Å². The van der Waals surface area contributed by atoms with Crippen molar-refractivity contribution in [1.82, 2.24) is 14.7 Å². The van der Waals surface area contributed by atoms with Crippen molar-refractivity contribution in [3.05, 3.63) is 76.6 Å². The molecule has 0 spiro atoms. The van der Waals surface area contributed by atoms with Crippen molar-refractivity contribution in [2.45, 2.75) is 20.0 Å². The fraction of sp³-hybridized carbons (Fsp3) is 0.308. The molecule has 0 aliphatic carbocycles. The van der Waals surface area contributed by atoms with Crippen LogP contribution in [0.15, 0.2) is 65.5 Å². The Labute approximate surface area is 203 Å². The second-order valence-corrected chi connectivity index (χ2v) is 8.80. The normalized spacial score (nSPS) is 17.7. The highest BCUT2D eigenvalue weighted by Gasteiger charge is 2.34. The predicted molar refractivity (Wildman–Crippen MR) is 132 cm³/mol. The molecule has 9 heteroatoms. The Bertz CT molecular complexity index is 1310. The molecule has 0 saturated carbocycles. The third-order valence-corrected chi connectivity index (χ3v) is 6.39. The number of hydrogen-bond donors (Lipinski definition) is 0. The standard InChI is InChI=1S/C26H27N5O4/c1-18-7-9-20(10-8-18)31-24(32)12-11-23(27-31)28-13-15-29(16-14-28)25(33)17-30-21-5-3-4-6-22(21)35-19(2)26(30)34/h3-12,19H,13-17H2,1-2H3/t19-/m0/s1. The fourth-order valence-corrected chi connectivity index (χ4v) is 4.38. The zero-order valence-electron chi connectivity index (χ0n) is 19.8. The zero-order chi connectivity index (χ0) is 24.5. The molecular weight excluding hydrogens is 446 g/mol. The summed E-state index contributed by atoms with van der Waals surface area (Å²) >= 11 is 0. The number of piperazine rings is 1. The lowest BCUT2D eigenvalue weighted by Gasteiger charge is -2.37. The molecule has 2 amide bonds. The number of aryl methyl sites for hydroxylation is 1. The number of nitrogens with zero attached hydrogens (tertiary/aromatic N) is 5. The molecule has 0 bridgehead atoms. The number of aromatic nitrogens is 2. The van der Waals surface area contributed by atoms with Crippen molar-refractivity contribution < 1.29 is 14.3 Å². The first-order valence-electron chi connectivity index (χ1n) is 11.7. The van der Waals surface area contributed by atoms with Crippen LogP contribution in [0, 0.1) is 6.92 Å². The summed E-state index contributed by atoms with van der Waals surface area (Å²) < 4.78 is 7.06. The summed E-state index contributed by atoms with van der Waals surface area (Å²) in [5, 5.41) is 4.56. The summed E-state index contributed by atoms with van der Waals surface area (Å²) in [6, 6.07) is 18.1. The van der Waals surface area contributed by atoms with Crippen LogP contribution in [-0.2, 0) is 9.59 Å². The van der Waals surface area contributed by atoms with E-state index in [1.54, 1.807) is 30.0 Å². The Morgan fingerprint density at radius 2 is 1.69 bits per heavy atom. The van der Waals surface area contributed by atoms with Gasteiger partial charge in [0.15, 0.2) is 6.10 Å². The molecule has 2 aromatic carbocycles. The number of ether oxygens (including phenoxy) is 1. The first-order valence-corrected chi connectivity index (χ1v) is 11.7. The smallest absolute Gasteiger partial charge is 0.271 e. The van der Waals surface area contributed by atoms with Gasteiger partial charge in [-0.3, -0.25) is 19.3 Å². The molecule has 35 heavy (non-hydrogen) atoms. The number of fused-ring (bicyclic) bond motifs is 1. The van der Waals surface area contributed by atoms with Gasteiger partial charge in [-0.05, 0) is 44.2 Å². The average Bonchev–Trinajstić information content (AvgIpc) is 2.87. The number of benzene rings is 2. The number of para-hydroxylation sites is 2. The third-order valence-electron chi connectivity index (χ3n) is 6.39. The quantitative estimate of drug-likeness (QED) is 0.576. The van der Waals surface area contributed by atoms with Gasteiger partial charge in [0.2, 0.25) is 5.91 Å². The van der Waals surface area contributed by atoms with E-state index in [2.05, 4.69) is 10.00 Å². The van der Waals surface area contributed by atoms with E-state index in [0.29, 0.717) is 49.1 Å². The largest absolute Gasteiger partial charge is 0.479 e. The van der Waals surface area contributed by atoms with Crippen molar-refractivity contribution in [2.75, 3.05) is 42.5 Å². The van der Waals surface area contributed by atoms with E-state index in [4.69, 9.17) is 4.74 Å². The monoisotopic (exact) mass is 473 g/mol. The number of hydrogen-bond acceptors (Lipinski definition) is 6. The number of carbonyl (C=O) groups excluding carboxylic acids is 2. The first-order chi connectivity index (χ1) is 16.9. The van der Waals surface area contributed by atoms with Crippen LogP contribution in [0.25, 0.3) is 5.69 Å². The lowest BCUT2D eigenvalue weighted by atomic mass is 10.2. The molecule has 1 fully saturated rings. The van der Waals surface area contributed by atoms with Gasteiger partial charge in [-0.2, -0.15) is 4.68 Å². The minimum absolute atomic E-state index is 0.0277. The molecule has 2 aliphatic rings. The number of amides is 2. The molecule has 3 heterocycles. The number of rotatable bonds is 4. The lowest BCUT2D eigenvalue weighted by molar-refractivity contribution is -0.133. The fourth-order valence-electron chi connectivity index (χ4n) is 4.38. The minimum Gasteiger partial charge on any atom is -0.479 e. The molecule has 1 aromatic heterocycles. The van der Waals surface area contributed by atoms with Crippen molar-refractivity contribution in [3.63, 3.8) is 0 Å². The lowest BCUT2D eigenvalue weighted by Crippen LogP contribution is -2.54. The highest BCUT2D eigenvalue weighted by Crippen LogP contribution is 2.33. The molecule has 1 saturated heterocycles. The van der Waals surface area contributed by atoms with E-state index in [1.165, 1.54) is 15.6 Å². The van der Waals surface area contributed by atoms with E-state index in [-0.39, 0.29) is 23.9 Å². The Morgan fingerprint density at radius 3 is 2.43 bits per heavy atom. The van der Waals surface area contributed by atoms with Crippen LogP contribution < -0.4 is 20.1 Å². The van der Waals surface area contributed by atoms with Gasteiger partial charge in [-0.1, -0.05) is 29.8 Å². The van der Waals surface area contributed by atoms with E-state index in [9.17, 15) is 14.4 Å². The van der Waals surface area contributed by atoms with Crippen LogP contribution in [0.1, 0.15) is 12.5 Å². The van der Waals surface area contributed by atoms with Gasteiger partial charge in [-0.25, -0.2) is 0 Å². The minimum atomic E-state index is -0.634. The van der Waals surface area contributed by atoms with Gasteiger partial charge in [0.05, 0.1) is 11.4 Å². The molecule has 3 aromatic rings. The van der Waals surface area contributed by atoms with Gasteiger partial charge >= 0.3 is 0 Å². The Balaban J connectivity index is 1.26. The summed E-state index contributed by atoms with van der Waals surface area (Å²) in [5.74, 6) is 0.952. The molecular formula is C26H27N5O4. The molecule has 0 N–H and O–H groups in total. The SMILES string of the molecule is Cc1ccc(-n2nc(N3CCN(C(=O)CN4C(=O)[C@H](C)Oc5ccccc54)CC3)ccc2=O)cc1. The summed E-state index contributed by atoms with van der Waals surface area (Å²) in [5.41, 5.74) is 2.23. The van der Waals surface area contributed by atoms with Crippen molar-refractivity contribution in [3.8, 4) is 11.4 Å². The Morgan fingerprint density at radius 1 is 0.971 bits per heavy atom. The van der Waals surface area contributed by atoms with Crippen LogP contribution in [0.5, 0.6) is 5.75 Å². The highest BCUT2D eigenvalue weighted by molar-refractivity contribution is 6.03. The Kier molecular flexibility index (Phi) is 5.98. The van der Waals surface area contributed by atoms with Crippen molar-refractivity contribution in [2.24, 2.45) is 0 Å². The van der Waals surface area contributed by atoms with E-state index < -0.39 is 6.10 Å². The highest BCUT2D eigenvalue weighted by atomic mass is 16.5. The maximum absolute atomic E-state index is 13.1. The average molecular weight is 474 g/mol. The van der Waals surface area contributed by atoms with Crippen LogP contribution in [0.4, 0.5) is 11.5 Å². The maximum atomic E-state index is 13.1. The van der Waals surface area contributed by atoms with Gasteiger partial charge in [-0.15, -0.1) is 5.10 Å². The second-order valence-electron chi connectivity index (χ2n) is 8.80. The van der Waals surface area contributed by atoms with Crippen molar-refractivity contribution >= 4 is 23.3 Å². The van der Waals surface area contributed by atoms with E-state index in [0.717, 1.165) is 5.56 Å². The summed E-state index contributed by atoms with van der Waals surface area (Å²) in [6.45, 7) is 5.81. The van der Waals surface area contributed by atoms with Crippen LogP contribution in [0.2, 0.25) is 0 Å². The van der Waals surface area contributed by atoms with Crippen LogP contribution in [0.3, 0.4) is 0 Å². The van der Waals surface area contributed by atoms with Crippen LogP contribution in [-0.4, -0.2) is 65.3 Å². The summed E-state index contributed by atoms with van der Waals surface area (Å²) in [4.78, 5) is 43.6. The zero-order valence-corrected chi connectivity index (χ0v) is 19.8. The first kappa shape index (κ1) is 22.6. The topological polar surface area (TPSA) is 88.0 Å². The summed E-state index contributed by atoms with van der Waals surface area (Å²) in [7, 11) is 0. The summed E-state index contributed by atoms with van der Waals surface area (Å²) in [6.07, 6.45) is -0.634. The Hall–Kier alpha value is -4.14. The van der Waals surface area contributed by atoms with Gasteiger partial charge in [0.25, 0.3) is 11.5 Å². The molecule has 180 valence electrons. The second kappa shape index (κ2) is 9.25. The molecule has 9 nitrogen and oxygen atoms in total.